The first-order valence-electron chi connectivity index (χ1n) is 6.27. The largest absolute Gasteiger partial charge is 0.399 e. The van der Waals surface area contributed by atoms with Crippen molar-refractivity contribution in [3.63, 3.8) is 0 Å². The van der Waals surface area contributed by atoms with E-state index < -0.39 is 0 Å². The fraction of sp³-hybridized carbons (Fsp3) is 0.571. The van der Waals surface area contributed by atoms with E-state index in [0.29, 0.717) is 5.41 Å². The van der Waals surface area contributed by atoms with E-state index in [1.807, 2.05) is 12.1 Å². The van der Waals surface area contributed by atoms with Gasteiger partial charge >= 0.3 is 0 Å². The number of hydrogen-bond acceptors (Lipinski definition) is 2. The third-order valence-corrected chi connectivity index (χ3v) is 4.83. The molecule has 2 heteroatoms. The number of benzene rings is 1. The molecule has 16 heavy (non-hydrogen) atoms. The minimum atomic E-state index is 0.162. The summed E-state index contributed by atoms with van der Waals surface area (Å²) < 4.78 is 0. The molecule has 2 nitrogen and oxygen atoms in total. The Kier molecular flexibility index (Phi) is 2.05. The lowest BCUT2D eigenvalue weighted by Gasteiger charge is -2.52. The molecule has 1 aromatic carbocycles. The van der Waals surface area contributed by atoms with Crippen LogP contribution in [-0.2, 0) is 5.41 Å². The van der Waals surface area contributed by atoms with Crippen LogP contribution in [0.1, 0.15) is 44.1 Å². The van der Waals surface area contributed by atoms with Crippen LogP contribution in [0.4, 0.5) is 5.69 Å². The van der Waals surface area contributed by atoms with Gasteiger partial charge in [0.05, 0.1) is 0 Å². The molecule has 3 aliphatic carbocycles. The molecule has 1 aromatic rings. The van der Waals surface area contributed by atoms with Crippen molar-refractivity contribution in [1.82, 2.24) is 0 Å². The Morgan fingerprint density at radius 1 is 0.812 bits per heavy atom. The SMILES string of the molecule is Nc1ccc(C23CCC(N)(CC2)CC3)cc1. The fourth-order valence-corrected chi connectivity index (χ4v) is 3.48. The lowest BCUT2D eigenvalue weighted by molar-refractivity contribution is 0.107. The molecular weight excluding hydrogens is 196 g/mol. The first kappa shape index (κ1) is 10.2. The van der Waals surface area contributed by atoms with Gasteiger partial charge in [-0.05, 0) is 61.6 Å². The van der Waals surface area contributed by atoms with Gasteiger partial charge in [-0.25, -0.2) is 0 Å². The summed E-state index contributed by atoms with van der Waals surface area (Å²) in [6, 6.07) is 8.49. The predicted molar refractivity (Wildman–Crippen MR) is 67.2 cm³/mol. The lowest BCUT2D eigenvalue weighted by Crippen LogP contribution is -2.53. The molecule has 3 aliphatic rings. The Bertz CT molecular complexity index is 369. The average Bonchev–Trinajstić information content (AvgIpc) is 2.31. The molecule has 4 N–H and O–H groups in total. The van der Waals surface area contributed by atoms with Crippen molar-refractivity contribution in [3.05, 3.63) is 29.8 Å². The molecule has 3 fully saturated rings. The molecule has 0 radical (unpaired) electrons. The smallest absolute Gasteiger partial charge is 0.0314 e. The normalized spacial score (nSPS) is 37.6. The Morgan fingerprint density at radius 2 is 1.31 bits per heavy atom. The molecular formula is C14H20N2. The Balaban J connectivity index is 1.92. The van der Waals surface area contributed by atoms with Gasteiger partial charge in [0.2, 0.25) is 0 Å². The van der Waals surface area contributed by atoms with Gasteiger partial charge in [-0.1, -0.05) is 12.1 Å². The molecule has 0 aliphatic heterocycles. The summed E-state index contributed by atoms with van der Waals surface area (Å²) in [6.07, 6.45) is 7.35. The molecule has 0 heterocycles. The number of hydrogen-bond donors (Lipinski definition) is 2. The monoisotopic (exact) mass is 216 g/mol. The summed E-state index contributed by atoms with van der Waals surface area (Å²) in [4.78, 5) is 0. The van der Waals surface area contributed by atoms with E-state index in [2.05, 4.69) is 12.1 Å². The van der Waals surface area contributed by atoms with E-state index in [-0.39, 0.29) is 5.54 Å². The van der Waals surface area contributed by atoms with Gasteiger partial charge in [0.1, 0.15) is 0 Å². The van der Waals surface area contributed by atoms with Crippen LogP contribution in [0, 0.1) is 0 Å². The Hall–Kier alpha value is -1.02. The van der Waals surface area contributed by atoms with E-state index in [4.69, 9.17) is 11.5 Å². The number of fused-ring (bicyclic) bond motifs is 3. The van der Waals surface area contributed by atoms with Crippen molar-refractivity contribution < 1.29 is 0 Å². The molecule has 3 saturated carbocycles. The van der Waals surface area contributed by atoms with E-state index in [9.17, 15) is 0 Å². The highest BCUT2D eigenvalue weighted by Crippen LogP contribution is 2.52. The van der Waals surface area contributed by atoms with E-state index in [0.717, 1.165) is 5.69 Å². The first-order valence-corrected chi connectivity index (χ1v) is 6.27. The zero-order valence-electron chi connectivity index (χ0n) is 9.71. The molecule has 0 atom stereocenters. The molecule has 0 spiro atoms. The van der Waals surface area contributed by atoms with Crippen molar-refractivity contribution in [2.45, 2.75) is 49.5 Å². The lowest BCUT2D eigenvalue weighted by atomic mass is 9.55. The molecule has 86 valence electrons. The second-order valence-corrected chi connectivity index (χ2v) is 5.76. The van der Waals surface area contributed by atoms with Gasteiger partial charge in [-0.3, -0.25) is 0 Å². The third kappa shape index (κ3) is 1.44. The van der Waals surface area contributed by atoms with Crippen LogP contribution in [-0.4, -0.2) is 5.54 Å². The van der Waals surface area contributed by atoms with Gasteiger partial charge in [0, 0.05) is 11.2 Å². The highest BCUT2D eigenvalue weighted by Gasteiger charge is 2.47. The minimum absolute atomic E-state index is 0.162. The maximum Gasteiger partial charge on any atom is 0.0314 e. The maximum atomic E-state index is 6.34. The zero-order valence-corrected chi connectivity index (χ0v) is 9.71. The molecule has 0 aromatic heterocycles. The van der Waals surface area contributed by atoms with Crippen LogP contribution in [0.3, 0.4) is 0 Å². The first-order chi connectivity index (χ1) is 7.62. The highest BCUT2D eigenvalue weighted by atomic mass is 14.8. The predicted octanol–water partition coefficient (Wildman–Crippen LogP) is 2.57. The van der Waals surface area contributed by atoms with Crippen LogP contribution in [0.2, 0.25) is 0 Å². The number of anilines is 1. The van der Waals surface area contributed by atoms with E-state index in [1.165, 1.54) is 44.1 Å². The summed E-state index contributed by atoms with van der Waals surface area (Å²) in [5, 5.41) is 0. The van der Waals surface area contributed by atoms with Gasteiger partial charge in [0.25, 0.3) is 0 Å². The summed E-state index contributed by atoms with van der Waals surface area (Å²) in [6.45, 7) is 0. The maximum absolute atomic E-state index is 6.34. The number of rotatable bonds is 1. The number of nitrogen functional groups attached to an aromatic ring is 1. The quantitative estimate of drug-likeness (QED) is 0.709. The zero-order chi connectivity index (χ0) is 11.2. The second-order valence-electron chi connectivity index (χ2n) is 5.76. The van der Waals surface area contributed by atoms with Crippen LogP contribution in [0.5, 0.6) is 0 Å². The molecule has 0 saturated heterocycles. The minimum Gasteiger partial charge on any atom is -0.399 e. The topological polar surface area (TPSA) is 52.0 Å². The van der Waals surface area contributed by atoms with Crippen molar-refractivity contribution in [1.29, 1.82) is 0 Å². The van der Waals surface area contributed by atoms with Gasteiger partial charge < -0.3 is 11.5 Å². The Morgan fingerprint density at radius 3 is 1.81 bits per heavy atom. The summed E-state index contributed by atoms with van der Waals surface area (Å²) in [5.74, 6) is 0. The molecule has 0 amide bonds. The number of nitrogens with two attached hydrogens (primary N) is 2. The molecule has 4 rings (SSSR count). The second kappa shape index (κ2) is 3.24. The summed E-state index contributed by atoms with van der Waals surface area (Å²) in [7, 11) is 0. The van der Waals surface area contributed by atoms with E-state index in [1.54, 1.807) is 0 Å². The highest BCUT2D eigenvalue weighted by molar-refractivity contribution is 5.42. The van der Waals surface area contributed by atoms with Crippen LogP contribution < -0.4 is 11.5 Å². The fourth-order valence-electron chi connectivity index (χ4n) is 3.48. The Labute approximate surface area is 97.0 Å². The van der Waals surface area contributed by atoms with Gasteiger partial charge in [0.15, 0.2) is 0 Å². The van der Waals surface area contributed by atoms with Crippen LogP contribution in [0.15, 0.2) is 24.3 Å². The third-order valence-electron chi connectivity index (χ3n) is 4.83. The molecule has 0 unspecified atom stereocenters. The van der Waals surface area contributed by atoms with Gasteiger partial charge in [-0.2, -0.15) is 0 Å². The van der Waals surface area contributed by atoms with Crippen molar-refractivity contribution in [3.8, 4) is 0 Å². The van der Waals surface area contributed by atoms with Crippen LogP contribution in [0.25, 0.3) is 0 Å². The summed E-state index contributed by atoms with van der Waals surface area (Å²) in [5.41, 5.74) is 15.0. The van der Waals surface area contributed by atoms with Crippen molar-refractivity contribution in [2.24, 2.45) is 5.73 Å². The van der Waals surface area contributed by atoms with E-state index >= 15 is 0 Å². The average molecular weight is 216 g/mol. The summed E-state index contributed by atoms with van der Waals surface area (Å²) >= 11 is 0. The van der Waals surface area contributed by atoms with Gasteiger partial charge in [-0.15, -0.1) is 0 Å². The van der Waals surface area contributed by atoms with Crippen molar-refractivity contribution >= 4 is 5.69 Å². The standard InChI is InChI=1S/C14H20N2/c15-12-3-1-11(2-4-12)13-5-8-14(16,9-6-13)10-7-13/h1-4H,5-10,15-16H2. The van der Waals surface area contributed by atoms with Crippen molar-refractivity contribution in [2.75, 3.05) is 5.73 Å². The van der Waals surface area contributed by atoms with Crippen LogP contribution >= 0.6 is 0 Å². The molecule has 2 bridgehead atoms.